The van der Waals surface area contributed by atoms with Crippen LogP contribution >= 0.6 is 0 Å². The first-order chi connectivity index (χ1) is 14.0. The molecule has 1 aliphatic heterocycles. The van der Waals surface area contributed by atoms with E-state index in [-0.39, 0.29) is 25.3 Å². The van der Waals surface area contributed by atoms with Crippen LogP contribution in [0.1, 0.15) is 32.4 Å². The molecule has 0 spiro atoms. The Labute approximate surface area is 168 Å². The summed E-state index contributed by atoms with van der Waals surface area (Å²) in [6, 6.07) is 7.80. The van der Waals surface area contributed by atoms with E-state index in [1.54, 1.807) is 13.1 Å². The summed E-state index contributed by atoms with van der Waals surface area (Å²) in [5.41, 5.74) is 7.22. The van der Waals surface area contributed by atoms with Crippen molar-refractivity contribution in [2.75, 3.05) is 30.8 Å². The van der Waals surface area contributed by atoms with Crippen LogP contribution in [-0.4, -0.2) is 55.3 Å². The molecule has 1 aromatic carbocycles. The number of aliphatic hydroxyl groups is 2. The molecule has 2 aromatic heterocycles. The summed E-state index contributed by atoms with van der Waals surface area (Å²) in [6.07, 6.45) is 4.86. The fraction of sp³-hybridized carbons (Fsp3) is 0.450. The summed E-state index contributed by atoms with van der Waals surface area (Å²) in [6.45, 7) is 2.05. The molecule has 0 bridgehead atoms. The number of nitrogen functional groups attached to an aromatic ring is 1. The lowest BCUT2D eigenvalue weighted by Crippen LogP contribution is -2.37. The number of benzene rings is 1. The van der Waals surface area contributed by atoms with Crippen LogP contribution in [-0.2, 0) is 4.74 Å². The van der Waals surface area contributed by atoms with E-state index < -0.39 is 5.60 Å². The summed E-state index contributed by atoms with van der Waals surface area (Å²) in [5, 5.41) is 27.6. The molecule has 3 heterocycles. The number of hydrogen-bond donors (Lipinski definition) is 4. The van der Waals surface area contributed by atoms with Crippen molar-refractivity contribution in [2.24, 2.45) is 0 Å². The van der Waals surface area contributed by atoms with Gasteiger partial charge in [-0.05, 0) is 44.4 Å². The summed E-state index contributed by atoms with van der Waals surface area (Å²) in [7, 11) is 0. The van der Waals surface area contributed by atoms with Gasteiger partial charge in [-0.1, -0.05) is 6.07 Å². The zero-order valence-corrected chi connectivity index (χ0v) is 16.4. The normalized spacial score (nSPS) is 19.2. The topological polar surface area (TPSA) is 131 Å². The van der Waals surface area contributed by atoms with E-state index in [2.05, 4.69) is 20.4 Å². The number of aliphatic hydroxyl groups excluding tert-OH is 1. The van der Waals surface area contributed by atoms with Crippen molar-refractivity contribution in [1.82, 2.24) is 19.7 Å². The van der Waals surface area contributed by atoms with Gasteiger partial charge >= 0.3 is 0 Å². The van der Waals surface area contributed by atoms with Gasteiger partial charge in [-0.15, -0.1) is 0 Å². The zero-order valence-electron chi connectivity index (χ0n) is 16.4. The molecule has 2 unspecified atom stereocenters. The van der Waals surface area contributed by atoms with E-state index in [9.17, 15) is 10.2 Å². The van der Waals surface area contributed by atoms with E-state index in [0.29, 0.717) is 11.3 Å². The Kier molecular flexibility index (Phi) is 5.35. The van der Waals surface area contributed by atoms with Crippen LogP contribution in [0.4, 0.5) is 11.8 Å². The summed E-state index contributed by atoms with van der Waals surface area (Å²) < 4.78 is 7.80. The van der Waals surface area contributed by atoms with E-state index in [1.807, 2.05) is 28.9 Å². The summed E-state index contributed by atoms with van der Waals surface area (Å²) >= 11 is 0. The van der Waals surface area contributed by atoms with Crippen LogP contribution < -0.4 is 11.1 Å². The van der Waals surface area contributed by atoms with Crippen molar-refractivity contribution in [3.8, 4) is 11.3 Å². The zero-order chi connectivity index (χ0) is 20.4. The Morgan fingerprint density at radius 3 is 2.93 bits per heavy atom. The Bertz CT molecular complexity index is 997. The molecule has 2 atom stereocenters. The molecule has 0 radical (unpaired) electrons. The lowest BCUT2D eigenvalue weighted by Gasteiger charge is -2.24. The molecular formula is C20H26N6O3. The smallest absolute Gasteiger partial charge is 0.222 e. The Morgan fingerprint density at radius 1 is 1.31 bits per heavy atom. The molecule has 3 aromatic rings. The highest BCUT2D eigenvalue weighted by Crippen LogP contribution is 2.31. The van der Waals surface area contributed by atoms with Crippen molar-refractivity contribution in [3.05, 3.63) is 30.5 Å². The van der Waals surface area contributed by atoms with E-state index in [1.165, 1.54) is 0 Å². The summed E-state index contributed by atoms with van der Waals surface area (Å²) in [5.74, 6) is 0.641. The predicted molar refractivity (Wildman–Crippen MR) is 110 cm³/mol. The maximum atomic E-state index is 10.0. The lowest BCUT2D eigenvalue weighted by molar-refractivity contribution is -0.0383. The second-order valence-electron chi connectivity index (χ2n) is 7.65. The molecule has 5 N–H and O–H groups in total. The third-order valence-electron chi connectivity index (χ3n) is 5.09. The molecule has 9 heteroatoms. The fourth-order valence-electron chi connectivity index (χ4n) is 3.46. The van der Waals surface area contributed by atoms with Gasteiger partial charge in [0.2, 0.25) is 5.95 Å². The maximum absolute atomic E-state index is 10.0. The molecule has 0 saturated carbocycles. The third-order valence-corrected chi connectivity index (χ3v) is 5.09. The number of fused-ring (bicyclic) bond motifs is 1. The fourth-order valence-corrected chi connectivity index (χ4v) is 3.46. The van der Waals surface area contributed by atoms with E-state index in [0.717, 1.165) is 42.5 Å². The molecule has 4 rings (SSSR count). The molecular weight excluding hydrogens is 372 g/mol. The van der Waals surface area contributed by atoms with E-state index in [4.69, 9.17) is 10.5 Å². The van der Waals surface area contributed by atoms with Gasteiger partial charge in [0.1, 0.15) is 11.4 Å². The minimum absolute atomic E-state index is 0.0575. The lowest BCUT2D eigenvalue weighted by atomic mass is 10.1. The van der Waals surface area contributed by atoms with Gasteiger partial charge in [0, 0.05) is 30.3 Å². The Hall–Kier alpha value is -2.75. The number of nitrogens with zero attached hydrogens (tertiary/aromatic N) is 4. The monoisotopic (exact) mass is 398 g/mol. The van der Waals surface area contributed by atoms with Gasteiger partial charge < -0.3 is 26.0 Å². The highest BCUT2D eigenvalue weighted by Gasteiger charge is 2.21. The molecule has 1 aliphatic rings. The third kappa shape index (κ3) is 4.16. The number of nitrogens with one attached hydrogen (secondary N) is 1. The first kappa shape index (κ1) is 19.6. The van der Waals surface area contributed by atoms with Crippen LogP contribution in [0.25, 0.3) is 22.2 Å². The number of rotatable bonds is 6. The quantitative estimate of drug-likeness (QED) is 0.495. The standard InChI is InChI=1S/C20H26N6O3/c1-20(28,12-27)11-22-18-14-6-5-13(10-15(14)24-19(21)25-18)16-7-8-23-26(16)17-4-2-3-9-29-17/h5-8,10,17,27-28H,2-4,9,11-12H2,1H3,(H3,21,22,24,25). The van der Waals surface area contributed by atoms with Crippen molar-refractivity contribution >= 4 is 22.7 Å². The molecule has 1 saturated heterocycles. The van der Waals surface area contributed by atoms with Crippen molar-refractivity contribution < 1.29 is 14.9 Å². The summed E-state index contributed by atoms with van der Waals surface area (Å²) in [4.78, 5) is 8.61. The Morgan fingerprint density at radius 2 is 2.17 bits per heavy atom. The molecule has 154 valence electrons. The van der Waals surface area contributed by atoms with Crippen LogP contribution in [0.15, 0.2) is 30.5 Å². The average molecular weight is 398 g/mol. The van der Waals surface area contributed by atoms with E-state index >= 15 is 0 Å². The van der Waals surface area contributed by atoms with Gasteiger partial charge in [0.25, 0.3) is 0 Å². The first-order valence-corrected chi connectivity index (χ1v) is 9.77. The van der Waals surface area contributed by atoms with Crippen LogP contribution in [0.2, 0.25) is 0 Å². The highest BCUT2D eigenvalue weighted by molar-refractivity contribution is 5.92. The molecule has 29 heavy (non-hydrogen) atoms. The number of anilines is 2. The second kappa shape index (κ2) is 7.94. The van der Waals surface area contributed by atoms with Crippen molar-refractivity contribution in [2.45, 2.75) is 38.0 Å². The second-order valence-corrected chi connectivity index (χ2v) is 7.65. The molecule has 9 nitrogen and oxygen atoms in total. The molecule has 0 amide bonds. The van der Waals surface area contributed by atoms with Gasteiger partial charge in [-0.2, -0.15) is 10.1 Å². The van der Waals surface area contributed by atoms with Crippen molar-refractivity contribution in [3.63, 3.8) is 0 Å². The van der Waals surface area contributed by atoms with Gasteiger partial charge in [0.05, 0.1) is 17.8 Å². The maximum Gasteiger partial charge on any atom is 0.222 e. The largest absolute Gasteiger partial charge is 0.393 e. The van der Waals surface area contributed by atoms with Gasteiger partial charge in [-0.3, -0.25) is 0 Å². The average Bonchev–Trinajstić information content (AvgIpc) is 3.22. The SMILES string of the molecule is CC(O)(CO)CNc1nc(N)nc2cc(-c3ccnn3C3CCCCO3)ccc12. The number of nitrogens with two attached hydrogens (primary N) is 1. The molecule has 0 aliphatic carbocycles. The van der Waals surface area contributed by atoms with Crippen molar-refractivity contribution in [1.29, 1.82) is 0 Å². The highest BCUT2D eigenvalue weighted by atomic mass is 16.5. The number of ether oxygens (including phenoxy) is 1. The van der Waals surface area contributed by atoms with Gasteiger partial charge in [-0.25, -0.2) is 9.67 Å². The van der Waals surface area contributed by atoms with Crippen LogP contribution in [0, 0.1) is 0 Å². The van der Waals surface area contributed by atoms with Crippen LogP contribution in [0.5, 0.6) is 0 Å². The van der Waals surface area contributed by atoms with Gasteiger partial charge in [0.15, 0.2) is 6.23 Å². The first-order valence-electron chi connectivity index (χ1n) is 9.77. The minimum atomic E-state index is -1.27. The van der Waals surface area contributed by atoms with Crippen LogP contribution in [0.3, 0.4) is 0 Å². The molecule has 1 fully saturated rings. The minimum Gasteiger partial charge on any atom is -0.393 e. The Balaban J connectivity index is 1.68. The number of hydrogen-bond acceptors (Lipinski definition) is 8. The predicted octanol–water partition coefficient (Wildman–Crippen LogP) is 1.93. The number of aromatic nitrogens is 4.